The van der Waals surface area contributed by atoms with Gasteiger partial charge in [0.25, 0.3) is 5.91 Å². The van der Waals surface area contributed by atoms with Crippen molar-refractivity contribution in [3.63, 3.8) is 0 Å². The number of primary amides is 1. The highest BCUT2D eigenvalue weighted by Gasteiger charge is 2.24. The van der Waals surface area contributed by atoms with E-state index in [4.69, 9.17) is 5.73 Å². The van der Waals surface area contributed by atoms with Crippen LogP contribution in [0.1, 0.15) is 28.9 Å². The van der Waals surface area contributed by atoms with Crippen molar-refractivity contribution >= 4 is 34.2 Å². The van der Waals surface area contributed by atoms with E-state index in [-0.39, 0.29) is 17.7 Å². The van der Waals surface area contributed by atoms with Crippen LogP contribution in [0.25, 0.3) is 10.9 Å². The maximum atomic E-state index is 13.5. The molecule has 30 heavy (non-hydrogen) atoms. The van der Waals surface area contributed by atoms with E-state index in [1.165, 1.54) is 12.1 Å². The van der Waals surface area contributed by atoms with Crippen LogP contribution < -0.4 is 16.0 Å². The molecule has 1 aliphatic heterocycles. The number of hydrogen-bond acceptors (Lipinski definition) is 5. The van der Waals surface area contributed by atoms with Crippen molar-refractivity contribution in [3.8, 4) is 0 Å². The second-order valence-electron chi connectivity index (χ2n) is 7.52. The minimum atomic E-state index is -0.400. The SMILES string of the molecule is Cc1cc(C(=O)Nc2ccc(N3CCCC(C(N)=O)C3)nc2)c2ccc(F)cc2n1. The average Bonchev–Trinajstić information content (AvgIpc) is 2.73. The van der Waals surface area contributed by atoms with Crippen LogP contribution in [0.3, 0.4) is 0 Å². The molecule has 1 fully saturated rings. The standard InChI is InChI=1S/C22H22FN5O2/c1-13-9-18(17-6-4-15(23)10-19(17)26-13)22(30)27-16-5-7-20(25-11-16)28-8-2-3-14(12-28)21(24)29/h4-7,9-11,14H,2-3,8,12H2,1H3,(H2,24,29)(H,27,30). The summed E-state index contributed by atoms with van der Waals surface area (Å²) in [6.45, 7) is 3.11. The number of aryl methyl sites for hydroxylation is 1. The molecule has 1 unspecified atom stereocenters. The molecule has 3 N–H and O–H groups in total. The van der Waals surface area contributed by atoms with Crippen molar-refractivity contribution < 1.29 is 14.0 Å². The lowest BCUT2D eigenvalue weighted by Crippen LogP contribution is -2.41. The lowest BCUT2D eigenvalue weighted by Gasteiger charge is -2.32. The van der Waals surface area contributed by atoms with Crippen LogP contribution in [0.4, 0.5) is 15.9 Å². The number of anilines is 2. The van der Waals surface area contributed by atoms with Gasteiger partial charge in [0.15, 0.2) is 0 Å². The van der Waals surface area contributed by atoms with Gasteiger partial charge in [0.05, 0.1) is 28.9 Å². The van der Waals surface area contributed by atoms with E-state index < -0.39 is 5.82 Å². The molecule has 0 radical (unpaired) electrons. The number of hydrogen-bond donors (Lipinski definition) is 2. The van der Waals surface area contributed by atoms with Crippen molar-refractivity contribution in [2.24, 2.45) is 11.7 Å². The third-order valence-corrected chi connectivity index (χ3v) is 5.30. The third-order valence-electron chi connectivity index (χ3n) is 5.30. The minimum absolute atomic E-state index is 0.173. The highest BCUT2D eigenvalue weighted by atomic mass is 19.1. The molecule has 2 aromatic heterocycles. The number of nitrogens with zero attached hydrogens (tertiary/aromatic N) is 3. The zero-order valence-corrected chi connectivity index (χ0v) is 16.6. The van der Waals surface area contributed by atoms with Crippen LogP contribution in [0, 0.1) is 18.7 Å². The fraction of sp³-hybridized carbons (Fsp3) is 0.273. The van der Waals surface area contributed by atoms with E-state index >= 15 is 0 Å². The topological polar surface area (TPSA) is 101 Å². The summed E-state index contributed by atoms with van der Waals surface area (Å²) in [5.74, 6) is -0.447. The molecular formula is C22H22FN5O2. The summed E-state index contributed by atoms with van der Waals surface area (Å²) in [6, 6.07) is 9.43. The number of carbonyl (C=O) groups excluding carboxylic acids is 2. The van der Waals surface area contributed by atoms with Gasteiger partial charge in [-0.05, 0) is 50.1 Å². The van der Waals surface area contributed by atoms with E-state index in [1.807, 2.05) is 11.0 Å². The van der Waals surface area contributed by atoms with E-state index in [1.54, 1.807) is 31.3 Å². The number of carbonyl (C=O) groups is 2. The number of nitrogens with one attached hydrogen (secondary N) is 1. The van der Waals surface area contributed by atoms with Gasteiger partial charge >= 0.3 is 0 Å². The average molecular weight is 407 g/mol. The Kier molecular flexibility index (Phi) is 5.31. The molecule has 3 heterocycles. The number of amides is 2. The normalized spacial score (nSPS) is 16.5. The molecule has 0 aliphatic carbocycles. The number of rotatable bonds is 4. The maximum absolute atomic E-state index is 13.5. The van der Waals surface area contributed by atoms with E-state index in [0.717, 1.165) is 25.2 Å². The number of piperidine rings is 1. The summed E-state index contributed by atoms with van der Waals surface area (Å²) >= 11 is 0. The van der Waals surface area contributed by atoms with Crippen LogP contribution in [0.2, 0.25) is 0 Å². The van der Waals surface area contributed by atoms with Gasteiger partial charge in [-0.25, -0.2) is 9.37 Å². The lowest BCUT2D eigenvalue weighted by atomic mass is 9.97. The summed E-state index contributed by atoms with van der Waals surface area (Å²) < 4.78 is 13.5. The molecule has 1 saturated heterocycles. The zero-order valence-electron chi connectivity index (χ0n) is 16.6. The number of aromatic nitrogens is 2. The summed E-state index contributed by atoms with van der Waals surface area (Å²) in [5.41, 5.74) is 7.46. The summed E-state index contributed by atoms with van der Waals surface area (Å²) in [7, 11) is 0. The van der Waals surface area contributed by atoms with Crippen molar-refractivity contribution in [2.75, 3.05) is 23.3 Å². The number of pyridine rings is 2. The summed E-state index contributed by atoms with van der Waals surface area (Å²) in [4.78, 5) is 35.1. The third kappa shape index (κ3) is 4.07. The summed E-state index contributed by atoms with van der Waals surface area (Å²) in [5, 5.41) is 3.41. The number of nitrogens with two attached hydrogens (primary N) is 1. The van der Waals surface area contributed by atoms with Crippen LogP contribution in [-0.2, 0) is 4.79 Å². The molecule has 1 atom stereocenters. The fourth-order valence-electron chi connectivity index (χ4n) is 3.78. The van der Waals surface area contributed by atoms with E-state index in [0.29, 0.717) is 34.4 Å². The van der Waals surface area contributed by atoms with Gasteiger partial charge in [-0.1, -0.05) is 0 Å². The first kappa shape index (κ1) is 19.8. The van der Waals surface area contributed by atoms with Gasteiger partial charge in [0.2, 0.25) is 5.91 Å². The first-order valence-corrected chi connectivity index (χ1v) is 9.79. The van der Waals surface area contributed by atoms with Crippen molar-refractivity contribution in [3.05, 3.63) is 59.7 Å². The van der Waals surface area contributed by atoms with Gasteiger partial charge in [-0.3, -0.25) is 14.6 Å². The Hall–Kier alpha value is -3.55. The number of halogens is 1. The molecule has 0 bridgehead atoms. The first-order chi connectivity index (χ1) is 14.4. The molecule has 0 spiro atoms. The lowest BCUT2D eigenvalue weighted by molar-refractivity contribution is -0.122. The molecule has 4 rings (SSSR count). The smallest absolute Gasteiger partial charge is 0.256 e. The van der Waals surface area contributed by atoms with Crippen LogP contribution in [-0.4, -0.2) is 34.9 Å². The van der Waals surface area contributed by atoms with Gasteiger partial charge in [0, 0.05) is 30.2 Å². The molecule has 3 aromatic rings. The van der Waals surface area contributed by atoms with Crippen molar-refractivity contribution in [1.82, 2.24) is 9.97 Å². The van der Waals surface area contributed by atoms with Gasteiger partial charge in [-0.2, -0.15) is 0 Å². The van der Waals surface area contributed by atoms with Crippen molar-refractivity contribution in [2.45, 2.75) is 19.8 Å². The maximum Gasteiger partial charge on any atom is 0.256 e. The molecule has 154 valence electrons. The second-order valence-corrected chi connectivity index (χ2v) is 7.52. The Morgan fingerprint density at radius 2 is 2.07 bits per heavy atom. The van der Waals surface area contributed by atoms with Crippen molar-refractivity contribution in [1.29, 1.82) is 0 Å². The predicted molar refractivity (Wildman–Crippen MR) is 113 cm³/mol. The second kappa shape index (κ2) is 8.06. The van der Waals surface area contributed by atoms with Gasteiger partial charge in [0.1, 0.15) is 11.6 Å². The predicted octanol–water partition coefficient (Wildman–Crippen LogP) is 3.03. The Morgan fingerprint density at radius 1 is 1.23 bits per heavy atom. The number of benzene rings is 1. The number of fused-ring (bicyclic) bond motifs is 1. The molecule has 1 aromatic carbocycles. The first-order valence-electron chi connectivity index (χ1n) is 9.79. The molecular weight excluding hydrogens is 385 g/mol. The fourth-order valence-corrected chi connectivity index (χ4v) is 3.78. The van der Waals surface area contributed by atoms with Gasteiger partial charge in [-0.15, -0.1) is 0 Å². The van der Waals surface area contributed by atoms with E-state index in [9.17, 15) is 14.0 Å². The molecule has 8 heteroatoms. The largest absolute Gasteiger partial charge is 0.369 e. The molecule has 7 nitrogen and oxygen atoms in total. The molecule has 2 amide bonds. The monoisotopic (exact) mass is 407 g/mol. The Balaban J connectivity index is 1.52. The van der Waals surface area contributed by atoms with Gasteiger partial charge < -0.3 is 16.0 Å². The summed E-state index contributed by atoms with van der Waals surface area (Å²) in [6.07, 6.45) is 3.25. The Bertz CT molecular complexity index is 1110. The van der Waals surface area contributed by atoms with Crippen LogP contribution >= 0.6 is 0 Å². The minimum Gasteiger partial charge on any atom is -0.369 e. The molecule has 0 saturated carbocycles. The molecule has 1 aliphatic rings. The quantitative estimate of drug-likeness (QED) is 0.692. The Morgan fingerprint density at radius 3 is 2.80 bits per heavy atom. The van der Waals surface area contributed by atoms with E-state index in [2.05, 4.69) is 15.3 Å². The zero-order chi connectivity index (χ0) is 21.3. The van der Waals surface area contributed by atoms with Crippen LogP contribution in [0.15, 0.2) is 42.6 Å². The Labute approximate surface area is 173 Å². The van der Waals surface area contributed by atoms with Crippen LogP contribution in [0.5, 0.6) is 0 Å². The highest BCUT2D eigenvalue weighted by Crippen LogP contribution is 2.24. The highest BCUT2D eigenvalue weighted by molar-refractivity contribution is 6.12.